The molecule has 6 nitrogen and oxygen atoms in total. The van der Waals surface area contributed by atoms with Gasteiger partial charge in [0.15, 0.2) is 0 Å². The monoisotopic (exact) mass is 403 g/mol. The van der Waals surface area contributed by atoms with Crippen molar-refractivity contribution in [3.05, 3.63) is 34.6 Å². The van der Waals surface area contributed by atoms with E-state index in [2.05, 4.69) is 4.90 Å². The zero-order valence-electron chi connectivity index (χ0n) is 17.0. The minimum atomic E-state index is -0.755. The van der Waals surface area contributed by atoms with Gasteiger partial charge in [-0.3, -0.25) is 9.59 Å². The summed E-state index contributed by atoms with van der Waals surface area (Å²) in [6.45, 7) is 3.17. The van der Waals surface area contributed by atoms with Crippen molar-refractivity contribution in [1.82, 2.24) is 9.80 Å². The SMILES string of the molecule is COC[C@H]1CC[C@@H](N2CCC(N3Cc4cc(F)cc(C(N)=O)c4C3=O)CC2)CC1. The molecule has 0 atom stereocenters. The molecule has 1 aromatic carbocycles. The zero-order valence-corrected chi connectivity index (χ0v) is 17.0. The molecule has 2 fully saturated rings. The number of halogens is 1. The highest BCUT2D eigenvalue weighted by Crippen LogP contribution is 2.34. The number of amides is 2. The Morgan fingerprint density at radius 3 is 2.45 bits per heavy atom. The Hall–Kier alpha value is -1.99. The molecule has 29 heavy (non-hydrogen) atoms. The summed E-state index contributed by atoms with van der Waals surface area (Å²) in [4.78, 5) is 29.1. The number of primary amides is 1. The fraction of sp³-hybridized carbons (Fsp3) is 0.636. The van der Waals surface area contributed by atoms with Crippen LogP contribution in [0.2, 0.25) is 0 Å². The molecule has 0 aromatic heterocycles. The van der Waals surface area contributed by atoms with E-state index < -0.39 is 11.7 Å². The maximum Gasteiger partial charge on any atom is 0.255 e. The van der Waals surface area contributed by atoms with Crippen LogP contribution in [0.25, 0.3) is 0 Å². The fourth-order valence-corrected chi connectivity index (χ4v) is 5.40. The average molecular weight is 403 g/mol. The Bertz CT molecular complexity index is 784. The van der Waals surface area contributed by atoms with E-state index in [0.29, 0.717) is 24.1 Å². The molecule has 0 radical (unpaired) electrons. The summed E-state index contributed by atoms with van der Waals surface area (Å²) in [5.74, 6) is -0.775. The summed E-state index contributed by atoms with van der Waals surface area (Å²) in [5.41, 5.74) is 6.24. The molecule has 0 unspecified atom stereocenters. The molecule has 0 spiro atoms. The third kappa shape index (κ3) is 4.03. The maximum absolute atomic E-state index is 13.9. The molecule has 1 aromatic rings. The minimum Gasteiger partial charge on any atom is -0.384 e. The molecule has 2 N–H and O–H groups in total. The lowest BCUT2D eigenvalue weighted by Gasteiger charge is -2.42. The van der Waals surface area contributed by atoms with E-state index >= 15 is 0 Å². The van der Waals surface area contributed by atoms with Crippen LogP contribution in [0.1, 0.15) is 64.8 Å². The Morgan fingerprint density at radius 2 is 1.83 bits per heavy atom. The van der Waals surface area contributed by atoms with Crippen molar-refractivity contribution in [2.24, 2.45) is 11.7 Å². The molecule has 1 aliphatic carbocycles. The van der Waals surface area contributed by atoms with E-state index in [0.717, 1.165) is 38.6 Å². The lowest BCUT2D eigenvalue weighted by molar-refractivity contribution is 0.0435. The van der Waals surface area contributed by atoms with Gasteiger partial charge in [0, 0.05) is 45.4 Å². The van der Waals surface area contributed by atoms with Crippen LogP contribution in [0.15, 0.2) is 12.1 Å². The molecule has 3 aliphatic rings. The number of benzene rings is 1. The number of nitrogens with two attached hydrogens (primary N) is 1. The first-order valence-electron chi connectivity index (χ1n) is 10.6. The van der Waals surface area contributed by atoms with Crippen molar-refractivity contribution >= 4 is 11.8 Å². The molecular formula is C22H30FN3O3. The van der Waals surface area contributed by atoms with Crippen molar-refractivity contribution in [2.45, 2.75) is 57.2 Å². The molecule has 0 bridgehead atoms. The van der Waals surface area contributed by atoms with Crippen LogP contribution in [0.5, 0.6) is 0 Å². The Morgan fingerprint density at radius 1 is 1.14 bits per heavy atom. The number of rotatable bonds is 5. The van der Waals surface area contributed by atoms with Gasteiger partial charge in [-0.25, -0.2) is 4.39 Å². The second-order valence-corrected chi connectivity index (χ2v) is 8.68. The third-order valence-electron chi connectivity index (χ3n) is 6.94. The van der Waals surface area contributed by atoms with Gasteiger partial charge in [0.05, 0.1) is 11.1 Å². The van der Waals surface area contributed by atoms with E-state index in [4.69, 9.17) is 10.5 Å². The Balaban J connectivity index is 1.37. The number of piperidine rings is 1. The summed E-state index contributed by atoms with van der Waals surface area (Å²) in [6.07, 6.45) is 6.69. The van der Waals surface area contributed by atoms with Crippen molar-refractivity contribution in [2.75, 3.05) is 26.8 Å². The van der Waals surface area contributed by atoms with Gasteiger partial charge in [-0.15, -0.1) is 0 Å². The number of likely N-dealkylation sites (tertiary alicyclic amines) is 1. The molecule has 2 amide bonds. The number of carbonyl (C=O) groups excluding carboxylic acids is 2. The standard InChI is InChI=1S/C22H30FN3O3/c1-29-13-14-2-4-17(5-3-14)25-8-6-18(7-9-25)26-12-15-10-16(23)11-19(21(24)27)20(15)22(26)28/h10-11,14,17-18H,2-9,12-13H2,1H3,(H2,24,27)/t14-,17+. The second-order valence-electron chi connectivity index (χ2n) is 8.68. The Labute approximate surface area is 171 Å². The van der Waals surface area contributed by atoms with Crippen molar-refractivity contribution < 1.29 is 18.7 Å². The highest BCUT2D eigenvalue weighted by atomic mass is 19.1. The molecule has 158 valence electrons. The quantitative estimate of drug-likeness (QED) is 0.820. The predicted molar refractivity (Wildman–Crippen MR) is 107 cm³/mol. The highest BCUT2D eigenvalue weighted by molar-refractivity contribution is 6.09. The molecule has 1 saturated heterocycles. The van der Waals surface area contributed by atoms with Crippen molar-refractivity contribution in [1.29, 1.82) is 0 Å². The number of methoxy groups -OCH3 is 1. The Kier molecular flexibility index (Phi) is 5.88. The highest BCUT2D eigenvalue weighted by Gasteiger charge is 2.38. The number of fused-ring (bicyclic) bond motifs is 1. The first-order valence-corrected chi connectivity index (χ1v) is 10.6. The number of hydrogen-bond donors (Lipinski definition) is 1. The van der Waals surface area contributed by atoms with Crippen LogP contribution >= 0.6 is 0 Å². The van der Waals surface area contributed by atoms with Gasteiger partial charge in [-0.05, 0) is 62.1 Å². The van der Waals surface area contributed by atoms with Crippen LogP contribution in [0.4, 0.5) is 4.39 Å². The van der Waals surface area contributed by atoms with Gasteiger partial charge in [0.1, 0.15) is 5.82 Å². The second kappa shape index (κ2) is 8.40. The number of carbonyl (C=O) groups is 2. The zero-order chi connectivity index (χ0) is 20.5. The summed E-state index contributed by atoms with van der Waals surface area (Å²) < 4.78 is 19.2. The van der Waals surface area contributed by atoms with Crippen molar-refractivity contribution in [3.63, 3.8) is 0 Å². The van der Waals surface area contributed by atoms with Crippen molar-refractivity contribution in [3.8, 4) is 0 Å². The molecule has 4 rings (SSSR count). The summed E-state index contributed by atoms with van der Waals surface area (Å²) in [7, 11) is 1.77. The normalized spacial score (nSPS) is 26.0. The molecular weight excluding hydrogens is 373 g/mol. The third-order valence-corrected chi connectivity index (χ3v) is 6.94. The molecule has 1 saturated carbocycles. The minimum absolute atomic E-state index is 0.00208. The smallest absolute Gasteiger partial charge is 0.255 e. The van der Waals surface area contributed by atoms with Gasteiger partial charge in [0.25, 0.3) is 5.91 Å². The summed E-state index contributed by atoms with van der Waals surface area (Å²) in [6, 6.07) is 3.18. The maximum atomic E-state index is 13.9. The van der Waals surface area contributed by atoms with E-state index in [1.54, 1.807) is 7.11 Å². The van der Waals surface area contributed by atoms with E-state index in [1.165, 1.54) is 31.7 Å². The van der Waals surface area contributed by atoms with Crippen LogP contribution in [-0.2, 0) is 11.3 Å². The summed E-state index contributed by atoms with van der Waals surface area (Å²) in [5, 5.41) is 0. The number of ether oxygens (including phenoxy) is 1. The van der Waals surface area contributed by atoms with Gasteiger partial charge < -0.3 is 20.3 Å². The average Bonchev–Trinajstić information content (AvgIpc) is 3.04. The summed E-state index contributed by atoms with van der Waals surface area (Å²) >= 11 is 0. The molecule has 7 heteroatoms. The van der Waals surface area contributed by atoms with Crippen LogP contribution in [0, 0.1) is 11.7 Å². The largest absolute Gasteiger partial charge is 0.384 e. The fourth-order valence-electron chi connectivity index (χ4n) is 5.40. The number of nitrogens with zero attached hydrogens (tertiary/aromatic N) is 2. The molecule has 2 heterocycles. The first-order chi connectivity index (χ1) is 14.0. The lowest BCUT2D eigenvalue weighted by Crippen LogP contribution is -2.49. The first kappa shape index (κ1) is 20.3. The van der Waals surface area contributed by atoms with Gasteiger partial charge >= 0.3 is 0 Å². The van der Waals surface area contributed by atoms with E-state index in [-0.39, 0.29) is 23.1 Å². The topological polar surface area (TPSA) is 75.9 Å². The lowest BCUT2D eigenvalue weighted by atomic mass is 9.85. The molecule has 2 aliphatic heterocycles. The van der Waals surface area contributed by atoms with Crippen LogP contribution < -0.4 is 5.73 Å². The predicted octanol–water partition coefficient (Wildman–Crippen LogP) is 2.55. The van der Waals surface area contributed by atoms with Crippen LogP contribution in [-0.4, -0.2) is 60.5 Å². The van der Waals surface area contributed by atoms with Crippen LogP contribution in [0.3, 0.4) is 0 Å². The van der Waals surface area contributed by atoms with Gasteiger partial charge in [-0.2, -0.15) is 0 Å². The van der Waals surface area contributed by atoms with E-state index in [1.807, 2.05) is 4.90 Å². The van der Waals surface area contributed by atoms with E-state index in [9.17, 15) is 14.0 Å². The van der Waals surface area contributed by atoms with Gasteiger partial charge in [-0.1, -0.05) is 0 Å². The van der Waals surface area contributed by atoms with Gasteiger partial charge in [0.2, 0.25) is 5.91 Å². The number of hydrogen-bond acceptors (Lipinski definition) is 4.